The minimum Gasteiger partial charge on any atom is -0.317 e. The summed E-state index contributed by atoms with van der Waals surface area (Å²) in [7, 11) is 0. The van der Waals surface area contributed by atoms with Gasteiger partial charge in [0.05, 0.1) is 6.61 Å². The maximum absolute atomic E-state index is 5.56. The molecule has 0 saturated carbocycles. The predicted octanol–water partition coefficient (Wildman–Crippen LogP) is 2.34. The van der Waals surface area contributed by atoms with Gasteiger partial charge in [0.1, 0.15) is 0 Å². The van der Waals surface area contributed by atoms with Gasteiger partial charge in [0.25, 0.3) is 0 Å². The molecule has 2 heterocycles. The first kappa shape index (κ1) is 19.7. The van der Waals surface area contributed by atoms with Crippen molar-refractivity contribution in [3.05, 3.63) is 35.9 Å². The zero-order valence-electron chi connectivity index (χ0n) is 12.9. The fourth-order valence-corrected chi connectivity index (χ4v) is 3.27. The largest absolute Gasteiger partial charge is 0.317 e. The molecule has 0 unspecified atom stereocenters. The van der Waals surface area contributed by atoms with Crippen molar-refractivity contribution in [3.63, 3.8) is 0 Å². The highest BCUT2D eigenvalue weighted by atomic mass is 35.5. The zero-order chi connectivity index (χ0) is 13.7. The molecule has 2 aliphatic rings. The van der Waals surface area contributed by atoms with Crippen molar-refractivity contribution in [3.8, 4) is 0 Å². The molecule has 4 nitrogen and oxygen atoms in total. The number of benzene rings is 1. The van der Waals surface area contributed by atoms with Crippen LogP contribution in [-0.2, 0) is 10.4 Å². The third-order valence-electron chi connectivity index (χ3n) is 4.43. The fraction of sp³-hybridized carbons (Fsp3) is 0.625. The second-order valence-electron chi connectivity index (χ2n) is 5.74. The van der Waals surface area contributed by atoms with Crippen molar-refractivity contribution >= 4 is 24.8 Å². The molecular formula is C16H27Cl2N3O. The lowest BCUT2D eigenvalue weighted by atomic mass is 9.81. The lowest BCUT2D eigenvalue weighted by Gasteiger charge is -2.39. The Labute approximate surface area is 145 Å². The third-order valence-corrected chi connectivity index (χ3v) is 4.43. The van der Waals surface area contributed by atoms with Crippen LogP contribution in [0.15, 0.2) is 30.3 Å². The van der Waals surface area contributed by atoms with E-state index in [-0.39, 0.29) is 30.4 Å². The van der Waals surface area contributed by atoms with E-state index < -0.39 is 0 Å². The molecule has 0 aliphatic carbocycles. The van der Waals surface area contributed by atoms with Crippen molar-refractivity contribution in [2.45, 2.75) is 24.8 Å². The van der Waals surface area contributed by atoms with Crippen molar-refractivity contribution in [1.29, 1.82) is 0 Å². The van der Waals surface area contributed by atoms with Crippen LogP contribution in [0, 0.1) is 0 Å². The molecular weight excluding hydrogens is 321 g/mol. The summed E-state index contributed by atoms with van der Waals surface area (Å²) < 4.78 is 0. The zero-order valence-corrected chi connectivity index (χ0v) is 14.6. The second kappa shape index (κ2) is 9.71. The molecule has 3 rings (SSSR count). The maximum atomic E-state index is 5.56. The number of piperidine rings is 1. The van der Waals surface area contributed by atoms with Gasteiger partial charge in [-0.25, -0.2) is 0 Å². The van der Waals surface area contributed by atoms with Gasteiger partial charge in [0, 0.05) is 25.2 Å². The van der Waals surface area contributed by atoms with Crippen molar-refractivity contribution < 1.29 is 4.84 Å². The van der Waals surface area contributed by atoms with Crippen LogP contribution in [0.2, 0.25) is 0 Å². The molecule has 0 radical (unpaired) electrons. The number of hydrogen-bond donors (Lipinski definition) is 2. The van der Waals surface area contributed by atoms with Crippen LogP contribution >= 0.6 is 24.8 Å². The summed E-state index contributed by atoms with van der Waals surface area (Å²) in [6, 6.07) is 10.9. The molecule has 0 amide bonds. The average molecular weight is 348 g/mol. The summed E-state index contributed by atoms with van der Waals surface area (Å²) in [6.07, 6.45) is 3.46. The van der Waals surface area contributed by atoms with Gasteiger partial charge in [-0.15, -0.1) is 24.8 Å². The monoisotopic (exact) mass is 347 g/mol. The summed E-state index contributed by atoms with van der Waals surface area (Å²) >= 11 is 0. The van der Waals surface area contributed by atoms with Crippen molar-refractivity contribution in [2.75, 3.05) is 39.3 Å². The number of nitrogens with zero attached hydrogens (tertiary/aromatic N) is 1. The number of hydroxylamine groups is 2. The molecule has 2 N–H and O–H groups in total. The molecule has 6 heteroatoms. The van der Waals surface area contributed by atoms with Gasteiger partial charge in [-0.3, -0.25) is 4.84 Å². The Morgan fingerprint density at radius 3 is 2.50 bits per heavy atom. The van der Waals surface area contributed by atoms with Crippen LogP contribution in [0.25, 0.3) is 0 Å². The quantitative estimate of drug-likeness (QED) is 0.857. The second-order valence-corrected chi connectivity index (χ2v) is 5.74. The maximum Gasteiger partial charge on any atom is 0.0698 e. The van der Waals surface area contributed by atoms with Crippen molar-refractivity contribution in [2.24, 2.45) is 0 Å². The van der Waals surface area contributed by atoms with E-state index >= 15 is 0 Å². The van der Waals surface area contributed by atoms with E-state index in [2.05, 4.69) is 46.0 Å². The Morgan fingerprint density at radius 2 is 1.86 bits per heavy atom. The van der Waals surface area contributed by atoms with Crippen LogP contribution in [0.4, 0.5) is 0 Å². The first-order valence-corrected chi connectivity index (χ1v) is 7.78. The van der Waals surface area contributed by atoms with Gasteiger partial charge >= 0.3 is 0 Å². The van der Waals surface area contributed by atoms with Gasteiger partial charge in [-0.05, 0) is 37.9 Å². The first-order valence-electron chi connectivity index (χ1n) is 7.78. The van der Waals surface area contributed by atoms with E-state index in [9.17, 15) is 0 Å². The molecule has 22 heavy (non-hydrogen) atoms. The minimum absolute atomic E-state index is 0. The molecule has 0 aromatic heterocycles. The Morgan fingerprint density at radius 1 is 1.14 bits per heavy atom. The molecule has 2 saturated heterocycles. The Bertz CT molecular complexity index is 407. The van der Waals surface area contributed by atoms with Crippen LogP contribution in [0.5, 0.6) is 0 Å². The molecule has 0 atom stereocenters. The Balaban J connectivity index is 0.00000121. The number of rotatable bonds is 5. The summed E-state index contributed by atoms with van der Waals surface area (Å²) in [5, 5.41) is 9.37. The molecule has 2 aliphatic heterocycles. The van der Waals surface area contributed by atoms with E-state index in [1.54, 1.807) is 0 Å². The summed E-state index contributed by atoms with van der Waals surface area (Å²) in [5.74, 6) is 0. The topological polar surface area (TPSA) is 36.5 Å². The Hall–Kier alpha value is -0.360. The minimum atomic E-state index is 0. The third kappa shape index (κ3) is 4.82. The Kier molecular flexibility index (Phi) is 8.69. The highest BCUT2D eigenvalue weighted by Crippen LogP contribution is 2.30. The molecule has 1 aromatic carbocycles. The van der Waals surface area contributed by atoms with Crippen LogP contribution < -0.4 is 10.6 Å². The van der Waals surface area contributed by atoms with Crippen LogP contribution in [0.1, 0.15) is 24.8 Å². The molecule has 0 bridgehead atoms. The van der Waals surface area contributed by atoms with E-state index in [1.807, 2.05) is 0 Å². The highest BCUT2D eigenvalue weighted by Gasteiger charge is 2.33. The SMILES string of the molecule is Cl.Cl.c1ccc(C2(NCCN3CCCO3)CCNCC2)cc1. The number of nitrogens with one attached hydrogen (secondary N) is 2. The summed E-state index contributed by atoms with van der Waals surface area (Å²) in [4.78, 5) is 5.56. The van der Waals surface area contributed by atoms with Gasteiger partial charge in [-0.2, -0.15) is 5.06 Å². The van der Waals surface area contributed by atoms with Crippen LogP contribution in [0.3, 0.4) is 0 Å². The standard InChI is InChI=1S/C16H25N3O.2ClH/c1-2-5-15(6-3-1)16(7-9-17-10-8-16)18-11-13-19-12-4-14-20-19;;/h1-3,5-6,17-18H,4,7-14H2;2*1H. The number of hydrogen-bond acceptors (Lipinski definition) is 4. The molecule has 0 spiro atoms. The smallest absolute Gasteiger partial charge is 0.0698 e. The van der Waals surface area contributed by atoms with Gasteiger partial charge in [-0.1, -0.05) is 30.3 Å². The molecule has 1 aromatic rings. The highest BCUT2D eigenvalue weighted by molar-refractivity contribution is 5.85. The summed E-state index contributed by atoms with van der Waals surface area (Å²) in [6.45, 7) is 6.08. The van der Waals surface area contributed by atoms with E-state index in [4.69, 9.17) is 4.84 Å². The number of halogens is 2. The lowest BCUT2D eigenvalue weighted by Crippen LogP contribution is -2.51. The van der Waals surface area contributed by atoms with Gasteiger partial charge in [0.15, 0.2) is 0 Å². The van der Waals surface area contributed by atoms with Crippen LogP contribution in [-0.4, -0.2) is 44.4 Å². The first-order chi connectivity index (χ1) is 9.89. The molecule has 126 valence electrons. The van der Waals surface area contributed by atoms with Gasteiger partial charge in [0.2, 0.25) is 0 Å². The predicted molar refractivity (Wildman–Crippen MR) is 94.9 cm³/mol. The van der Waals surface area contributed by atoms with Crippen molar-refractivity contribution in [1.82, 2.24) is 15.7 Å². The summed E-state index contributed by atoms with van der Waals surface area (Å²) in [5.41, 5.74) is 1.55. The molecule has 2 fully saturated rings. The van der Waals surface area contributed by atoms with E-state index in [0.717, 1.165) is 58.6 Å². The van der Waals surface area contributed by atoms with E-state index in [1.165, 1.54) is 5.56 Å². The fourth-order valence-electron chi connectivity index (χ4n) is 3.27. The van der Waals surface area contributed by atoms with E-state index in [0.29, 0.717) is 0 Å². The average Bonchev–Trinajstić information content (AvgIpc) is 3.02. The lowest BCUT2D eigenvalue weighted by molar-refractivity contribution is -0.109. The van der Waals surface area contributed by atoms with Gasteiger partial charge < -0.3 is 10.6 Å². The normalized spacial score (nSPS) is 20.9.